The van der Waals surface area contributed by atoms with Gasteiger partial charge in [0.25, 0.3) is 0 Å². The molecule has 1 aromatic carbocycles. The number of hydrogen-bond donors (Lipinski definition) is 1. The van der Waals surface area contributed by atoms with E-state index in [1.54, 1.807) is 0 Å². The first kappa shape index (κ1) is 14.4. The Balaban J connectivity index is 1.87. The van der Waals surface area contributed by atoms with Gasteiger partial charge in [-0.25, -0.2) is 0 Å². The van der Waals surface area contributed by atoms with Gasteiger partial charge in [-0.1, -0.05) is 25.1 Å². The first-order valence-corrected chi connectivity index (χ1v) is 7.94. The van der Waals surface area contributed by atoms with E-state index in [-0.39, 0.29) is 17.9 Å². The number of ether oxygens (including phenoxy) is 1. The monoisotopic (exact) mass is 288 g/mol. The van der Waals surface area contributed by atoms with Gasteiger partial charge in [0.2, 0.25) is 5.91 Å². The number of anilines is 1. The summed E-state index contributed by atoms with van der Waals surface area (Å²) in [7, 11) is 0. The number of fused-ring (bicyclic) bond motifs is 1. The molecule has 3 rings (SSSR count). The lowest BCUT2D eigenvalue weighted by Gasteiger charge is -2.39. The molecule has 1 fully saturated rings. The second kappa shape index (κ2) is 6.06. The van der Waals surface area contributed by atoms with Crippen LogP contribution in [-0.2, 0) is 9.53 Å². The molecule has 0 spiro atoms. The number of hydrogen-bond acceptors (Lipinski definition) is 3. The number of carbonyl (C=O) groups excluding carboxylic acids is 1. The minimum Gasteiger partial charge on any atom is -0.382 e. The molecule has 0 radical (unpaired) electrons. The zero-order chi connectivity index (χ0) is 14.8. The summed E-state index contributed by atoms with van der Waals surface area (Å²) in [5.41, 5.74) is 2.25. The lowest BCUT2D eigenvalue weighted by molar-refractivity contribution is -0.142. The zero-order valence-electron chi connectivity index (χ0n) is 12.8. The largest absolute Gasteiger partial charge is 0.382 e. The van der Waals surface area contributed by atoms with E-state index in [1.165, 1.54) is 0 Å². The van der Waals surface area contributed by atoms with Gasteiger partial charge in [-0.3, -0.25) is 4.79 Å². The molecule has 2 aliphatic heterocycles. The second-order valence-electron chi connectivity index (χ2n) is 6.09. The SMILES string of the molecule is CCC1COCCN1C(=O)C1CC(C)Nc2ccccc21. The molecule has 2 aliphatic rings. The maximum atomic E-state index is 13.1. The van der Waals surface area contributed by atoms with Gasteiger partial charge in [0, 0.05) is 18.3 Å². The van der Waals surface area contributed by atoms with Crippen molar-refractivity contribution in [2.24, 2.45) is 0 Å². The van der Waals surface area contributed by atoms with E-state index in [0.29, 0.717) is 19.3 Å². The molecule has 1 aromatic rings. The first-order valence-electron chi connectivity index (χ1n) is 7.94. The van der Waals surface area contributed by atoms with E-state index >= 15 is 0 Å². The Bertz CT molecular complexity index is 517. The van der Waals surface area contributed by atoms with Crippen molar-refractivity contribution in [2.75, 3.05) is 25.1 Å². The quantitative estimate of drug-likeness (QED) is 0.909. The van der Waals surface area contributed by atoms with Crippen LogP contribution >= 0.6 is 0 Å². The van der Waals surface area contributed by atoms with Crippen LogP contribution in [0.3, 0.4) is 0 Å². The van der Waals surface area contributed by atoms with Crippen molar-refractivity contribution in [3.63, 3.8) is 0 Å². The number of para-hydroxylation sites is 1. The summed E-state index contributed by atoms with van der Waals surface area (Å²) in [5, 5.41) is 3.48. The molecule has 0 saturated carbocycles. The molecular formula is C17H24N2O2. The Morgan fingerprint density at radius 2 is 2.24 bits per heavy atom. The zero-order valence-corrected chi connectivity index (χ0v) is 12.8. The molecule has 3 unspecified atom stereocenters. The third kappa shape index (κ3) is 2.77. The molecule has 4 nitrogen and oxygen atoms in total. The average molecular weight is 288 g/mol. The van der Waals surface area contributed by atoms with Gasteiger partial charge in [-0.2, -0.15) is 0 Å². The molecular weight excluding hydrogens is 264 g/mol. The van der Waals surface area contributed by atoms with E-state index in [0.717, 1.165) is 30.6 Å². The smallest absolute Gasteiger partial charge is 0.230 e. The topological polar surface area (TPSA) is 41.6 Å². The first-order chi connectivity index (χ1) is 10.2. The Hall–Kier alpha value is -1.55. The van der Waals surface area contributed by atoms with Crippen molar-refractivity contribution in [1.29, 1.82) is 0 Å². The maximum absolute atomic E-state index is 13.1. The molecule has 0 bridgehead atoms. The van der Waals surface area contributed by atoms with Crippen LogP contribution in [0.1, 0.15) is 38.2 Å². The fraction of sp³-hybridized carbons (Fsp3) is 0.588. The molecule has 2 heterocycles. The summed E-state index contributed by atoms with van der Waals surface area (Å²) in [4.78, 5) is 15.1. The number of amides is 1. The summed E-state index contributed by atoms with van der Waals surface area (Å²) < 4.78 is 5.53. The Morgan fingerprint density at radius 1 is 1.43 bits per heavy atom. The number of morpholine rings is 1. The highest BCUT2D eigenvalue weighted by Crippen LogP contribution is 2.36. The third-order valence-electron chi connectivity index (χ3n) is 4.61. The summed E-state index contributed by atoms with van der Waals surface area (Å²) in [5.74, 6) is 0.246. The van der Waals surface area contributed by atoms with E-state index in [1.807, 2.05) is 17.0 Å². The molecule has 3 atom stereocenters. The standard InChI is InChI=1S/C17H24N2O2/c1-3-13-11-21-9-8-19(13)17(20)15-10-12(2)18-16-7-5-4-6-14(15)16/h4-7,12-13,15,18H,3,8-11H2,1-2H3. The second-order valence-corrected chi connectivity index (χ2v) is 6.09. The van der Waals surface area contributed by atoms with Crippen molar-refractivity contribution < 1.29 is 9.53 Å². The van der Waals surface area contributed by atoms with Crippen molar-refractivity contribution in [3.05, 3.63) is 29.8 Å². The number of carbonyl (C=O) groups is 1. The van der Waals surface area contributed by atoms with Crippen LogP contribution in [0, 0.1) is 0 Å². The molecule has 1 N–H and O–H groups in total. The highest BCUT2D eigenvalue weighted by Gasteiger charge is 2.35. The van der Waals surface area contributed by atoms with Gasteiger partial charge in [0.1, 0.15) is 0 Å². The van der Waals surface area contributed by atoms with E-state index in [2.05, 4.69) is 31.3 Å². The third-order valence-corrected chi connectivity index (χ3v) is 4.61. The predicted octanol–water partition coefficient (Wildman–Crippen LogP) is 2.61. The molecule has 0 aromatic heterocycles. The molecule has 1 saturated heterocycles. The van der Waals surface area contributed by atoms with Gasteiger partial charge in [0.05, 0.1) is 25.2 Å². The highest BCUT2D eigenvalue weighted by atomic mass is 16.5. The predicted molar refractivity (Wildman–Crippen MR) is 83.5 cm³/mol. The normalized spacial score (nSPS) is 28.7. The Labute approximate surface area is 126 Å². The lowest BCUT2D eigenvalue weighted by Crippen LogP contribution is -2.51. The van der Waals surface area contributed by atoms with Gasteiger partial charge in [-0.15, -0.1) is 0 Å². The van der Waals surface area contributed by atoms with Crippen LogP contribution < -0.4 is 5.32 Å². The summed E-state index contributed by atoms with van der Waals surface area (Å²) >= 11 is 0. The number of rotatable bonds is 2. The minimum absolute atomic E-state index is 0.0235. The lowest BCUT2D eigenvalue weighted by atomic mass is 9.86. The number of nitrogens with one attached hydrogen (secondary N) is 1. The van der Waals surface area contributed by atoms with Crippen LogP contribution in [0.15, 0.2) is 24.3 Å². The molecule has 21 heavy (non-hydrogen) atoms. The van der Waals surface area contributed by atoms with Crippen molar-refractivity contribution in [3.8, 4) is 0 Å². The average Bonchev–Trinajstić information content (AvgIpc) is 2.53. The fourth-order valence-electron chi connectivity index (χ4n) is 3.45. The van der Waals surface area contributed by atoms with Gasteiger partial charge in [-0.05, 0) is 31.4 Å². The van der Waals surface area contributed by atoms with Crippen LogP contribution in [0.5, 0.6) is 0 Å². The van der Waals surface area contributed by atoms with E-state index in [4.69, 9.17) is 4.74 Å². The van der Waals surface area contributed by atoms with E-state index in [9.17, 15) is 4.79 Å². The van der Waals surface area contributed by atoms with Crippen LogP contribution in [-0.4, -0.2) is 42.6 Å². The van der Waals surface area contributed by atoms with Gasteiger partial charge < -0.3 is 15.0 Å². The van der Waals surface area contributed by atoms with Crippen LogP contribution in [0.2, 0.25) is 0 Å². The van der Waals surface area contributed by atoms with Crippen LogP contribution in [0.4, 0.5) is 5.69 Å². The van der Waals surface area contributed by atoms with Crippen molar-refractivity contribution >= 4 is 11.6 Å². The Morgan fingerprint density at radius 3 is 3.05 bits per heavy atom. The summed E-state index contributed by atoms with van der Waals surface area (Å²) in [6, 6.07) is 8.75. The number of benzene rings is 1. The van der Waals surface area contributed by atoms with Gasteiger partial charge >= 0.3 is 0 Å². The summed E-state index contributed by atoms with van der Waals surface area (Å²) in [6.45, 7) is 6.32. The van der Waals surface area contributed by atoms with Crippen molar-refractivity contribution in [2.45, 2.75) is 44.7 Å². The molecule has 0 aliphatic carbocycles. The Kier molecular flexibility index (Phi) is 4.15. The van der Waals surface area contributed by atoms with Gasteiger partial charge in [0.15, 0.2) is 0 Å². The van der Waals surface area contributed by atoms with Crippen LogP contribution in [0.25, 0.3) is 0 Å². The minimum atomic E-state index is -0.0235. The van der Waals surface area contributed by atoms with E-state index < -0.39 is 0 Å². The highest BCUT2D eigenvalue weighted by molar-refractivity contribution is 5.87. The van der Waals surface area contributed by atoms with Crippen molar-refractivity contribution in [1.82, 2.24) is 4.90 Å². The molecule has 4 heteroatoms. The number of nitrogens with zero attached hydrogens (tertiary/aromatic N) is 1. The molecule has 1 amide bonds. The maximum Gasteiger partial charge on any atom is 0.230 e. The summed E-state index contributed by atoms with van der Waals surface area (Å²) in [6.07, 6.45) is 1.82. The molecule has 114 valence electrons. The fourth-order valence-corrected chi connectivity index (χ4v) is 3.45.